The fourth-order valence-electron chi connectivity index (χ4n) is 0.544. The molecule has 4 heteroatoms. The van der Waals surface area contributed by atoms with Gasteiger partial charge in [-0.2, -0.15) is 0 Å². The first-order valence-electron chi connectivity index (χ1n) is 3.34. The van der Waals surface area contributed by atoms with E-state index in [0.717, 1.165) is 12.8 Å². The molecule has 3 N–H and O–H groups in total. The van der Waals surface area contributed by atoms with E-state index >= 15 is 0 Å². The molecule has 0 radical (unpaired) electrons. The molecular formula is C6H13ClN2O. The molecule has 0 atom stereocenters. The van der Waals surface area contributed by atoms with Crippen LogP contribution >= 0.6 is 11.6 Å². The summed E-state index contributed by atoms with van der Waals surface area (Å²) in [6, 6.07) is 0. The molecule has 0 rings (SSSR count). The number of unbranched alkanes of at least 4 members (excludes halogenated alkanes) is 1. The maximum Gasteiger partial charge on any atom is 0.234 e. The molecule has 10 heavy (non-hydrogen) atoms. The maximum atomic E-state index is 10.5. The lowest BCUT2D eigenvalue weighted by Crippen LogP contribution is -2.25. The third kappa shape index (κ3) is 5.85. The van der Waals surface area contributed by atoms with Crippen molar-refractivity contribution >= 4 is 17.5 Å². The highest BCUT2D eigenvalue weighted by Gasteiger charge is 1.94. The van der Waals surface area contributed by atoms with E-state index in [2.05, 4.69) is 5.32 Å². The van der Waals surface area contributed by atoms with Crippen molar-refractivity contribution < 1.29 is 4.79 Å². The number of nitrogens with two attached hydrogens (primary N) is 1. The summed E-state index contributed by atoms with van der Waals surface area (Å²) in [5.74, 6) is -0.0681. The van der Waals surface area contributed by atoms with Crippen molar-refractivity contribution in [2.24, 2.45) is 5.73 Å². The summed E-state index contributed by atoms with van der Waals surface area (Å²) < 4.78 is 0. The van der Waals surface area contributed by atoms with Gasteiger partial charge in [-0.3, -0.25) is 4.79 Å². The van der Waals surface area contributed by atoms with E-state index in [0.29, 0.717) is 13.1 Å². The van der Waals surface area contributed by atoms with Crippen molar-refractivity contribution in [3.8, 4) is 0 Å². The third-order valence-corrected chi connectivity index (χ3v) is 1.32. The van der Waals surface area contributed by atoms with Crippen molar-refractivity contribution in [2.45, 2.75) is 12.8 Å². The fourth-order valence-corrected chi connectivity index (χ4v) is 0.639. The van der Waals surface area contributed by atoms with Crippen LogP contribution in [0.25, 0.3) is 0 Å². The minimum absolute atomic E-state index is 0.0443. The summed E-state index contributed by atoms with van der Waals surface area (Å²) in [5, 5.41) is 2.64. The first-order chi connectivity index (χ1) is 4.81. The predicted octanol–water partition coefficient (Wildman–Crippen LogP) is 0.0803. The van der Waals surface area contributed by atoms with Crippen molar-refractivity contribution in [1.82, 2.24) is 5.32 Å². The highest BCUT2D eigenvalue weighted by molar-refractivity contribution is 6.27. The Bertz CT molecular complexity index is 97.7. The second kappa shape index (κ2) is 6.83. The first kappa shape index (κ1) is 9.72. The standard InChI is InChI=1S/C6H13ClN2O/c7-5-6(10)9-4-2-1-3-8/h1-5,8H2,(H,9,10). The number of rotatable bonds is 5. The van der Waals surface area contributed by atoms with Crippen LogP contribution in [0.2, 0.25) is 0 Å². The van der Waals surface area contributed by atoms with Crippen molar-refractivity contribution in [1.29, 1.82) is 0 Å². The molecule has 0 aromatic carbocycles. The molecule has 1 amide bonds. The molecule has 0 heterocycles. The Kier molecular flexibility index (Phi) is 6.64. The van der Waals surface area contributed by atoms with Gasteiger partial charge >= 0.3 is 0 Å². The Morgan fingerprint density at radius 1 is 1.50 bits per heavy atom. The zero-order valence-electron chi connectivity index (χ0n) is 5.90. The van der Waals surface area contributed by atoms with Crippen LogP contribution in [0.5, 0.6) is 0 Å². The van der Waals surface area contributed by atoms with Gasteiger partial charge in [0.25, 0.3) is 0 Å². The average molecular weight is 165 g/mol. The van der Waals surface area contributed by atoms with Crippen molar-refractivity contribution in [3.63, 3.8) is 0 Å². The molecule has 0 fully saturated rings. The predicted molar refractivity (Wildman–Crippen MR) is 42.0 cm³/mol. The molecular weight excluding hydrogens is 152 g/mol. The Labute approximate surface area is 65.9 Å². The molecule has 0 bridgehead atoms. The van der Waals surface area contributed by atoms with Crippen LogP contribution in [0.4, 0.5) is 0 Å². The first-order valence-corrected chi connectivity index (χ1v) is 3.87. The van der Waals surface area contributed by atoms with E-state index in [9.17, 15) is 4.79 Å². The van der Waals surface area contributed by atoms with Crippen molar-refractivity contribution in [3.05, 3.63) is 0 Å². The second-order valence-corrected chi connectivity index (χ2v) is 2.25. The van der Waals surface area contributed by atoms with Gasteiger partial charge in [-0.05, 0) is 19.4 Å². The van der Waals surface area contributed by atoms with Gasteiger partial charge in [-0.25, -0.2) is 0 Å². The highest BCUT2D eigenvalue weighted by Crippen LogP contribution is 1.82. The van der Waals surface area contributed by atoms with Crippen LogP contribution in [0, 0.1) is 0 Å². The van der Waals surface area contributed by atoms with Gasteiger partial charge in [0.15, 0.2) is 0 Å². The molecule has 0 aliphatic carbocycles. The summed E-state index contributed by atoms with van der Waals surface area (Å²) >= 11 is 5.23. The molecule has 0 aliphatic rings. The second-order valence-electron chi connectivity index (χ2n) is 1.98. The van der Waals surface area contributed by atoms with Crippen LogP contribution in [-0.2, 0) is 4.79 Å². The van der Waals surface area contributed by atoms with E-state index in [4.69, 9.17) is 17.3 Å². The summed E-state index contributed by atoms with van der Waals surface area (Å²) in [5.41, 5.74) is 5.24. The lowest BCUT2D eigenvalue weighted by Gasteiger charge is -2.00. The molecule has 0 saturated heterocycles. The van der Waals surface area contributed by atoms with Crippen LogP contribution in [0.1, 0.15) is 12.8 Å². The molecule has 3 nitrogen and oxygen atoms in total. The Balaban J connectivity index is 2.96. The topological polar surface area (TPSA) is 55.1 Å². The van der Waals surface area contributed by atoms with Crippen LogP contribution in [0.15, 0.2) is 0 Å². The summed E-state index contributed by atoms with van der Waals surface area (Å²) in [4.78, 5) is 10.5. The number of amides is 1. The van der Waals surface area contributed by atoms with Gasteiger partial charge in [0, 0.05) is 6.54 Å². The Morgan fingerprint density at radius 3 is 2.70 bits per heavy atom. The Hall–Kier alpha value is -0.280. The molecule has 0 aromatic heterocycles. The van der Waals surface area contributed by atoms with E-state index in [1.54, 1.807) is 0 Å². The van der Waals surface area contributed by atoms with Gasteiger partial charge in [-0.1, -0.05) is 0 Å². The van der Waals surface area contributed by atoms with Crippen LogP contribution < -0.4 is 11.1 Å². The highest BCUT2D eigenvalue weighted by atomic mass is 35.5. The lowest BCUT2D eigenvalue weighted by atomic mass is 10.3. The minimum Gasteiger partial charge on any atom is -0.355 e. The summed E-state index contributed by atoms with van der Waals surface area (Å²) in [6.45, 7) is 1.36. The Morgan fingerprint density at radius 2 is 2.20 bits per heavy atom. The molecule has 0 aromatic rings. The third-order valence-electron chi connectivity index (χ3n) is 1.07. The van der Waals surface area contributed by atoms with E-state index in [1.165, 1.54) is 0 Å². The van der Waals surface area contributed by atoms with Crippen LogP contribution in [-0.4, -0.2) is 24.9 Å². The van der Waals surface area contributed by atoms with Gasteiger partial charge in [0.05, 0.1) is 0 Å². The monoisotopic (exact) mass is 164 g/mol. The number of carbonyl (C=O) groups excluding carboxylic acids is 1. The fraction of sp³-hybridized carbons (Fsp3) is 0.833. The zero-order chi connectivity index (χ0) is 7.82. The number of hydrogen-bond acceptors (Lipinski definition) is 2. The lowest BCUT2D eigenvalue weighted by molar-refractivity contribution is -0.118. The number of carbonyl (C=O) groups is 1. The van der Waals surface area contributed by atoms with Crippen LogP contribution in [0.3, 0.4) is 0 Å². The van der Waals surface area contributed by atoms with E-state index in [-0.39, 0.29) is 11.8 Å². The van der Waals surface area contributed by atoms with E-state index in [1.807, 2.05) is 0 Å². The number of halogens is 1. The molecule has 0 unspecified atom stereocenters. The molecule has 60 valence electrons. The summed E-state index contributed by atoms with van der Waals surface area (Å²) in [7, 11) is 0. The van der Waals surface area contributed by atoms with Crippen molar-refractivity contribution in [2.75, 3.05) is 19.0 Å². The summed E-state index contributed by atoms with van der Waals surface area (Å²) in [6.07, 6.45) is 1.88. The van der Waals surface area contributed by atoms with Gasteiger partial charge in [-0.15, -0.1) is 11.6 Å². The van der Waals surface area contributed by atoms with Gasteiger partial charge in [0.2, 0.25) is 5.91 Å². The molecule has 0 aliphatic heterocycles. The quantitative estimate of drug-likeness (QED) is 0.447. The zero-order valence-corrected chi connectivity index (χ0v) is 6.66. The maximum absolute atomic E-state index is 10.5. The number of nitrogens with one attached hydrogen (secondary N) is 1. The number of hydrogen-bond donors (Lipinski definition) is 2. The normalized spacial score (nSPS) is 9.40. The molecule has 0 saturated carbocycles. The minimum atomic E-state index is -0.112. The van der Waals surface area contributed by atoms with Gasteiger partial charge < -0.3 is 11.1 Å². The SMILES string of the molecule is NCCCCNC(=O)CCl. The molecule has 0 spiro atoms. The smallest absolute Gasteiger partial charge is 0.234 e. The van der Waals surface area contributed by atoms with Gasteiger partial charge in [0.1, 0.15) is 5.88 Å². The number of alkyl halides is 1. The van der Waals surface area contributed by atoms with E-state index < -0.39 is 0 Å². The largest absolute Gasteiger partial charge is 0.355 e. The average Bonchev–Trinajstić information content (AvgIpc) is 1.98.